The summed E-state index contributed by atoms with van der Waals surface area (Å²) in [5.41, 5.74) is 0.326. The Balaban J connectivity index is 2.24. The molecule has 0 N–H and O–H groups in total. The third-order valence-electron chi connectivity index (χ3n) is 4.06. The summed E-state index contributed by atoms with van der Waals surface area (Å²) in [7, 11) is 4.32. The second-order valence-corrected chi connectivity index (χ2v) is 6.08. The van der Waals surface area contributed by atoms with Crippen molar-refractivity contribution >= 4 is 17.7 Å². The van der Waals surface area contributed by atoms with Crippen LogP contribution in [0.15, 0.2) is 42.5 Å². The molecule has 30 heavy (non-hydrogen) atoms. The monoisotopic (exact) mass is 422 g/mol. The summed E-state index contributed by atoms with van der Waals surface area (Å²) in [6.07, 6.45) is 2.37. The minimum absolute atomic E-state index is 0.00148. The molecule has 8 nitrogen and oxygen atoms in total. The molecule has 2 rings (SSSR count). The lowest BCUT2D eigenvalue weighted by atomic mass is 10.1. The van der Waals surface area contributed by atoms with Gasteiger partial charge >= 0.3 is 6.61 Å². The zero-order valence-electron chi connectivity index (χ0n) is 16.5. The molecule has 0 bridgehead atoms. The van der Waals surface area contributed by atoms with Gasteiger partial charge in [-0.1, -0.05) is 12.1 Å². The van der Waals surface area contributed by atoms with Crippen LogP contribution in [-0.2, 0) is 11.3 Å². The number of nitro benzene ring substituents is 1. The van der Waals surface area contributed by atoms with Crippen LogP contribution in [0.4, 0.5) is 14.5 Å². The van der Waals surface area contributed by atoms with Gasteiger partial charge in [0.05, 0.1) is 30.8 Å². The van der Waals surface area contributed by atoms with E-state index >= 15 is 0 Å². The van der Waals surface area contributed by atoms with Crippen molar-refractivity contribution in [3.05, 3.63) is 63.7 Å². The lowest BCUT2D eigenvalue weighted by Gasteiger charge is -2.15. The summed E-state index contributed by atoms with van der Waals surface area (Å²) in [5, 5.41) is 11.3. The van der Waals surface area contributed by atoms with E-state index < -0.39 is 28.9 Å². The van der Waals surface area contributed by atoms with Crippen LogP contribution in [0.5, 0.6) is 17.2 Å². The van der Waals surface area contributed by atoms with Gasteiger partial charge in [0, 0.05) is 19.7 Å². The zero-order chi connectivity index (χ0) is 22.3. The normalized spacial score (nSPS) is 10.9. The number of alkyl halides is 2. The third kappa shape index (κ3) is 5.90. The molecular weight excluding hydrogens is 402 g/mol. The molecule has 0 heterocycles. The summed E-state index contributed by atoms with van der Waals surface area (Å²) in [6, 6.07) is 9.16. The Bertz CT molecular complexity index is 949. The Hall–Kier alpha value is -3.69. The minimum atomic E-state index is -3.17. The van der Waals surface area contributed by atoms with E-state index in [1.54, 1.807) is 25.2 Å². The number of carbonyl (C=O) groups excluding carboxylic acids is 1. The van der Waals surface area contributed by atoms with Gasteiger partial charge in [-0.2, -0.15) is 8.78 Å². The fraction of sp³-hybridized carbons (Fsp3) is 0.250. The molecule has 0 radical (unpaired) electrons. The second-order valence-electron chi connectivity index (χ2n) is 6.08. The molecule has 1 amide bonds. The van der Waals surface area contributed by atoms with Crippen LogP contribution >= 0.6 is 0 Å². The summed E-state index contributed by atoms with van der Waals surface area (Å²) >= 11 is 0. The number of nitrogens with zero attached hydrogens (tertiary/aromatic N) is 2. The average molecular weight is 422 g/mol. The number of methoxy groups -OCH3 is 2. The van der Waals surface area contributed by atoms with Crippen LogP contribution in [0, 0.1) is 10.1 Å². The summed E-state index contributed by atoms with van der Waals surface area (Å²) < 4.78 is 39.4. The number of ether oxygens (including phenoxy) is 3. The lowest BCUT2D eigenvalue weighted by Crippen LogP contribution is -2.24. The number of carbonyl (C=O) groups is 1. The van der Waals surface area contributed by atoms with Gasteiger partial charge in [0.2, 0.25) is 5.91 Å². The van der Waals surface area contributed by atoms with E-state index in [0.717, 1.165) is 23.8 Å². The van der Waals surface area contributed by atoms with E-state index in [1.165, 1.54) is 25.2 Å². The quantitative estimate of drug-likeness (QED) is 0.346. The molecule has 10 heteroatoms. The number of hydrogen-bond donors (Lipinski definition) is 0. The van der Waals surface area contributed by atoms with Crippen molar-refractivity contribution in [1.29, 1.82) is 0 Å². The first-order valence-electron chi connectivity index (χ1n) is 8.62. The van der Waals surface area contributed by atoms with Crippen molar-refractivity contribution in [3.8, 4) is 17.2 Å². The molecular formula is C20H20F2N2O6. The number of rotatable bonds is 9. The lowest BCUT2D eigenvalue weighted by molar-refractivity contribution is -0.385. The largest absolute Gasteiger partial charge is 0.497 e. The van der Waals surface area contributed by atoms with E-state index in [1.807, 2.05) is 6.07 Å². The molecule has 160 valence electrons. The average Bonchev–Trinajstić information content (AvgIpc) is 2.71. The van der Waals surface area contributed by atoms with Crippen molar-refractivity contribution in [2.75, 3.05) is 21.3 Å². The van der Waals surface area contributed by atoms with Gasteiger partial charge in [-0.05, 0) is 29.8 Å². The highest BCUT2D eigenvalue weighted by Crippen LogP contribution is 2.36. The highest BCUT2D eigenvalue weighted by Gasteiger charge is 2.20. The molecule has 2 aromatic rings. The minimum Gasteiger partial charge on any atom is -0.497 e. The van der Waals surface area contributed by atoms with Crippen LogP contribution in [0.1, 0.15) is 11.1 Å². The van der Waals surface area contributed by atoms with Crippen LogP contribution in [0.3, 0.4) is 0 Å². The van der Waals surface area contributed by atoms with Gasteiger partial charge in [-0.15, -0.1) is 0 Å². The number of halogens is 2. The third-order valence-corrected chi connectivity index (χ3v) is 4.06. The number of hydrogen-bond acceptors (Lipinski definition) is 6. The Kier molecular flexibility index (Phi) is 7.68. The van der Waals surface area contributed by atoms with Gasteiger partial charge in [0.15, 0.2) is 11.5 Å². The molecule has 0 saturated carbocycles. The van der Waals surface area contributed by atoms with Gasteiger partial charge in [-0.3, -0.25) is 14.9 Å². The zero-order valence-corrected chi connectivity index (χ0v) is 16.5. The first kappa shape index (κ1) is 22.6. The van der Waals surface area contributed by atoms with Crippen molar-refractivity contribution in [3.63, 3.8) is 0 Å². The Morgan fingerprint density at radius 2 is 1.93 bits per heavy atom. The van der Waals surface area contributed by atoms with E-state index in [-0.39, 0.29) is 17.9 Å². The summed E-state index contributed by atoms with van der Waals surface area (Å²) in [6.45, 7) is -2.89. The van der Waals surface area contributed by atoms with Crippen molar-refractivity contribution < 1.29 is 32.7 Å². The molecule has 0 aromatic heterocycles. The molecule has 0 aliphatic heterocycles. The highest BCUT2D eigenvalue weighted by molar-refractivity contribution is 5.92. The van der Waals surface area contributed by atoms with E-state index in [2.05, 4.69) is 4.74 Å². The summed E-state index contributed by atoms with van der Waals surface area (Å²) in [5.74, 6) is -0.368. The molecule has 2 aromatic carbocycles. The number of nitro groups is 1. The standard InChI is InChI=1S/C20H20F2N2O6/c1-23(12-13-5-4-6-15(9-13)28-2)19(25)8-7-14-10-17(29-3)18(30-20(21)22)11-16(14)24(26)27/h4-11,20H,12H2,1-3H3/b8-7+. The highest BCUT2D eigenvalue weighted by atomic mass is 19.3. The van der Waals surface area contributed by atoms with Crippen LogP contribution in [0.2, 0.25) is 0 Å². The SMILES string of the molecule is COc1cccc(CN(C)C(=O)/C=C/c2cc(OC)c(OC(F)F)cc2[N+](=O)[O-])c1. The van der Waals surface area contributed by atoms with Crippen molar-refractivity contribution in [1.82, 2.24) is 4.90 Å². The van der Waals surface area contributed by atoms with Gasteiger partial charge in [0.1, 0.15) is 5.75 Å². The topological polar surface area (TPSA) is 91.1 Å². The molecule has 0 aliphatic rings. The van der Waals surface area contributed by atoms with E-state index in [4.69, 9.17) is 9.47 Å². The predicted octanol–water partition coefficient (Wildman–Crippen LogP) is 3.89. The maximum Gasteiger partial charge on any atom is 0.387 e. The van der Waals surface area contributed by atoms with Crippen LogP contribution in [0.25, 0.3) is 6.08 Å². The Labute approximate surface area is 171 Å². The number of likely N-dealkylation sites (N-methyl/N-ethyl adjacent to an activating group) is 1. The number of amides is 1. The first-order valence-corrected chi connectivity index (χ1v) is 8.62. The first-order chi connectivity index (χ1) is 14.2. The molecule has 0 atom stereocenters. The maximum atomic E-state index is 12.5. The Morgan fingerprint density at radius 3 is 2.53 bits per heavy atom. The molecule has 0 aliphatic carbocycles. The van der Waals surface area contributed by atoms with Gasteiger partial charge in [0.25, 0.3) is 5.69 Å². The van der Waals surface area contributed by atoms with Crippen molar-refractivity contribution in [2.24, 2.45) is 0 Å². The predicted molar refractivity (Wildman–Crippen MR) is 105 cm³/mol. The molecule has 0 spiro atoms. The molecule has 0 unspecified atom stereocenters. The smallest absolute Gasteiger partial charge is 0.387 e. The summed E-state index contributed by atoms with van der Waals surface area (Å²) in [4.78, 5) is 24.4. The van der Waals surface area contributed by atoms with E-state index in [0.29, 0.717) is 5.75 Å². The fourth-order valence-corrected chi connectivity index (χ4v) is 2.62. The van der Waals surface area contributed by atoms with Gasteiger partial charge < -0.3 is 19.1 Å². The Morgan fingerprint density at radius 1 is 1.20 bits per heavy atom. The van der Waals surface area contributed by atoms with Crippen molar-refractivity contribution in [2.45, 2.75) is 13.2 Å². The molecule has 0 fully saturated rings. The van der Waals surface area contributed by atoms with Gasteiger partial charge in [-0.25, -0.2) is 0 Å². The fourth-order valence-electron chi connectivity index (χ4n) is 2.62. The molecule has 0 saturated heterocycles. The second kappa shape index (κ2) is 10.2. The maximum absolute atomic E-state index is 12.5. The van der Waals surface area contributed by atoms with Crippen LogP contribution < -0.4 is 14.2 Å². The van der Waals surface area contributed by atoms with E-state index in [9.17, 15) is 23.7 Å². The number of benzene rings is 2. The van der Waals surface area contributed by atoms with Crippen LogP contribution in [-0.4, -0.2) is 43.6 Å².